The summed E-state index contributed by atoms with van der Waals surface area (Å²) in [6.45, 7) is 8.27. The molecule has 2 aliphatic rings. The predicted molar refractivity (Wildman–Crippen MR) is 101 cm³/mol. The summed E-state index contributed by atoms with van der Waals surface area (Å²) in [4.78, 5) is 2.36. The molecule has 0 saturated heterocycles. The van der Waals surface area contributed by atoms with E-state index < -0.39 is 6.10 Å². The summed E-state index contributed by atoms with van der Waals surface area (Å²) in [5.74, 6) is 0.877. The van der Waals surface area contributed by atoms with Gasteiger partial charge in [0.15, 0.2) is 0 Å². The number of aliphatic hydroxyl groups excluding tert-OH is 1. The molecule has 4 rings (SSSR count). The van der Waals surface area contributed by atoms with Gasteiger partial charge in [-0.25, -0.2) is 0 Å². The van der Waals surface area contributed by atoms with Crippen molar-refractivity contribution >= 4 is 10.9 Å². The van der Waals surface area contributed by atoms with Gasteiger partial charge in [-0.05, 0) is 30.4 Å². The quantitative estimate of drug-likeness (QED) is 0.593. The van der Waals surface area contributed by atoms with E-state index >= 15 is 0 Å². The molecule has 1 fully saturated rings. The van der Waals surface area contributed by atoms with E-state index in [1.165, 1.54) is 41.5 Å². The number of aromatic nitrogens is 1. The Labute approximate surface area is 149 Å². The fourth-order valence-electron chi connectivity index (χ4n) is 4.02. The van der Waals surface area contributed by atoms with Gasteiger partial charge in [0.05, 0.1) is 19.3 Å². The Morgan fingerprint density at radius 2 is 2.16 bits per heavy atom. The van der Waals surface area contributed by atoms with Gasteiger partial charge in [-0.1, -0.05) is 24.3 Å². The number of benzene rings is 1. The second-order valence-electron chi connectivity index (χ2n) is 7.46. The predicted octanol–water partition coefficient (Wildman–Crippen LogP) is 2.97. The lowest BCUT2D eigenvalue weighted by molar-refractivity contribution is 0.0235. The van der Waals surface area contributed by atoms with E-state index in [0.717, 1.165) is 25.4 Å². The van der Waals surface area contributed by atoms with Crippen LogP contribution < -0.4 is 0 Å². The Bertz CT molecular complexity index is 748. The minimum absolute atomic E-state index is 0.374. The lowest BCUT2D eigenvalue weighted by atomic mass is 10.0. The van der Waals surface area contributed by atoms with Crippen LogP contribution in [0, 0.1) is 5.92 Å². The number of aliphatic hydroxyl groups is 1. The minimum Gasteiger partial charge on any atom is -0.389 e. The topological polar surface area (TPSA) is 37.6 Å². The number of β-amino-alcohol motifs (C(OH)–C–C–N with tert-alkyl or cyclic N) is 1. The van der Waals surface area contributed by atoms with Crippen LogP contribution in [0.15, 0.2) is 36.9 Å². The molecule has 1 saturated carbocycles. The third-order valence-corrected chi connectivity index (χ3v) is 5.39. The fourth-order valence-corrected chi connectivity index (χ4v) is 4.02. The van der Waals surface area contributed by atoms with Crippen LogP contribution in [-0.2, 0) is 24.2 Å². The molecule has 2 heterocycles. The lowest BCUT2D eigenvalue weighted by Crippen LogP contribution is -2.38. The van der Waals surface area contributed by atoms with Gasteiger partial charge in [0.2, 0.25) is 0 Å². The number of ether oxygens (including phenoxy) is 1. The van der Waals surface area contributed by atoms with E-state index in [9.17, 15) is 5.11 Å². The van der Waals surface area contributed by atoms with Crippen molar-refractivity contribution in [3.05, 3.63) is 48.2 Å². The summed E-state index contributed by atoms with van der Waals surface area (Å²) in [6, 6.07) is 8.81. The smallest absolute Gasteiger partial charge is 0.0900 e. The van der Waals surface area contributed by atoms with Crippen LogP contribution in [0.25, 0.3) is 10.9 Å². The molecule has 134 valence electrons. The van der Waals surface area contributed by atoms with Crippen molar-refractivity contribution < 1.29 is 9.84 Å². The highest BCUT2D eigenvalue weighted by atomic mass is 16.5. The van der Waals surface area contributed by atoms with Gasteiger partial charge in [-0.3, -0.25) is 4.90 Å². The van der Waals surface area contributed by atoms with Crippen molar-refractivity contribution in [3.8, 4) is 0 Å². The molecular weight excluding hydrogens is 312 g/mol. The Hall–Kier alpha value is -1.62. The highest BCUT2D eigenvalue weighted by molar-refractivity contribution is 5.85. The molecule has 1 aliphatic carbocycles. The van der Waals surface area contributed by atoms with Crippen molar-refractivity contribution in [3.63, 3.8) is 0 Å². The molecule has 1 aliphatic heterocycles. The first kappa shape index (κ1) is 16.8. The van der Waals surface area contributed by atoms with Gasteiger partial charge in [0.25, 0.3) is 0 Å². The van der Waals surface area contributed by atoms with Crippen molar-refractivity contribution in [1.82, 2.24) is 9.47 Å². The van der Waals surface area contributed by atoms with Crippen LogP contribution in [0.5, 0.6) is 0 Å². The molecule has 25 heavy (non-hydrogen) atoms. The largest absolute Gasteiger partial charge is 0.389 e. The maximum atomic E-state index is 10.2. The van der Waals surface area contributed by atoms with E-state index in [2.05, 4.69) is 40.3 Å². The second-order valence-corrected chi connectivity index (χ2v) is 7.46. The molecule has 4 heteroatoms. The van der Waals surface area contributed by atoms with Crippen molar-refractivity contribution in [2.45, 2.75) is 38.5 Å². The van der Waals surface area contributed by atoms with Crippen LogP contribution in [0.4, 0.5) is 0 Å². The molecule has 1 aromatic carbocycles. The number of nitrogens with zero attached hydrogens (tertiary/aromatic N) is 2. The SMILES string of the molecule is C=CCOC[C@@H](O)CN1CCc2c(c3ccccc3n2CC2CC2)C1. The molecule has 1 N–H and O–H groups in total. The summed E-state index contributed by atoms with van der Waals surface area (Å²) >= 11 is 0. The van der Waals surface area contributed by atoms with Crippen LogP contribution in [0.3, 0.4) is 0 Å². The number of rotatable bonds is 8. The summed E-state index contributed by atoms with van der Waals surface area (Å²) in [5.41, 5.74) is 4.36. The Morgan fingerprint density at radius 1 is 1.32 bits per heavy atom. The van der Waals surface area contributed by atoms with E-state index in [0.29, 0.717) is 19.8 Å². The monoisotopic (exact) mass is 340 g/mol. The zero-order valence-electron chi connectivity index (χ0n) is 14.9. The zero-order valence-corrected chi connectivity index (χ0v) is 14.9. The first-order chi connectivity index (χ1) is 12.3. The van der Waals surface area contributed by atoms with Crippen molar-refractivity contribution in [2.75, 3.05) is 26.3 Å². The molecule has 0 amide bonds. The van der Waals surface area contributed by atoms with Gasteiger partial charge >= 0.3 is 0 Å². The second kappa shape index (κ2) is 7.32. The fraction of sp³-hybridized carbons (Fsp3) is 0.524. The maximum Gasteiger partial charge on any atom is 0.0900 e. The first-order valence-corrected chi connectivity index (χ1v) is 9.44. The van der Waals surface area contributed by atoms with Crippen LogP contribution in [0.2, 0.25) is 0 Å². The molecule has 4 nitrogen and oxygen atoms in total. The van der Waals surface area contributed by atoms with Gasteiger partial charge in [0, 0.05) is 49.2 Å². The average molecular weight is 340 g/mol. The summed E-state index contributed by atoms with van der Waals surface area (Å²) in [5, 5.41) is 11.6. The Morgan fingerprint density at radius 3 is 2.96 bits per heavy atom. The molecule has 1 aromatic heterocycles. The average Bonchev–Trinajstić information content (AvgIpc) is 3.39. The van der Waals surface area contributed by atoms with Crippen LogP contribution >= 0.6 is 0 Å². The van der Waals surface area contributed by atoms with E-state index in [1.54, 1.807) is 6.08 Å². The molecule has 1 atom stereocenters. The third kappa shape index (κ3) is 3.66. The molecule has 0 unspecified atom stereocenters. The van der Waals surface area contributed by atoms with Crippen LogP contribution in [0.1, 0.15) is 24.1 Å². The standard InChI is InChI=1S/C21H28N2O2/c1-2-11-25-15-17(24)13-22-10-9-21-19(14-22)18-5-3-4-6-20(18)23(21)12-16-7-8-16/h2-6,16-17,24H,1,7-15H2/t17-/m0/s1. The van der Waals surface area contributed by atoms with Gasteiger partial charge in [0.1, 0.15) is 0 Å². The van der Waals surface area contributed by atoms with E-state index in [1.807, 2.05) is 0 Å². The summed E-state index contributed by atoms with van der Waals surface area (Å²) in [7, 11) is 0. The molecular formula is C21H28N2O2. The highest BCUT2D eigenvalue weighted by Gasteiger charge is 2.28. The lowest BCUT2D eigenvalue weighted by Gasteiger charge is -2.29. The minimum atomic E-state index is -0.443. The number of fused-ring (bicyclic) bond motifs is 3. The summed E-state index contributed by atoms with van der Waals surface area (Å²) in [6.07, 6.45) is 5.10. The highest BCUT2D eigenvalue weighted by Crippen LogP contribution is 2.36. The first-order valence-electron chi connectivity index (χ1n) is 9.44. The zero-order chi connectivity index (χ0) is 17.2. The van der Waals surface area contributed by atoms with E-state index in [4.69, 9.17) is 4.74 Å². The molecule has 2 aromatic rings. The number of hydrogen-bond acceptors (Lipinski definition) is 3. The summed E-state index contributed by atoms with van der Waals surface area (Å²) < 4.78 is 7.95. The molecule has 0 spiro atoms. The molecule has 0 bridgehead atoms. The third-order valence-electron chi connectivity index (χ3n) is 5.39. The number of para-hydroxylation sites is 1. The molecule has 0 radical (unpaired) electrons. The Balaban J connectivity index is 1.51. The Kier molecular flexibility index (Phi) is 4.93. The normalized spacial score (nSPS) is 19.1. The van der Waals surface area contributed by atoms with Gasteiger partial charge < -0.3 is 14.4 Å². The van der Waals surface area contributed by atoms with Gasteiger partial charge in [-0.2, -0.15) is 0 Å². The van der Waals surface area contributed by atoms with Crippen LogP contribution in [-0.4, -0.2) is 47.0 Å². The van der Waals surface area contributed by atoms with Gasteiger partial charge in [-0.15, -0.1) is 6.58 Å². The maximum absolute atomic E-state index is 10.2. The van der Waals surface area contributed by atoms with E-state index in [-0.39, 0.29) is 0 Å². The number of hydrogen-bond donors (Lipinski definition) is 1. The van der Waals surface area contributed by atoms with Crippen molar-refractivity contribution in [2.24, 2.45) is 5.92 Å². The van der Waals surface area contributed by atoms with Crippen molar-refractivity contribution in [1.29, 1.82) is 0 Å².